The van der Waals surface area contributed by atoms with Crippen molar-refractivity contribution in [2.45, 2.75) is 51.9 Å². The van der Waals surface area contributed by atoms with Crippen LogP contribution in [0.1, 0.15) is 52.2 Å². The molecule has 7 heteroatoms. The molecule has 10 aromatic rings. The zero-order valence-corrected chi connectivity index (χ0v) is 38.9. The van der Waals surface area contributed by atoms with Crippen LogP contribution in [-0.2, 0) is 30.2 Å². The predicted octanol–water partition coefficient (Wildman–Crippen LogP) is 14.5. The fraction of sp³-hybridized carbons (Fsp3) is 0.158. The van der Waals surface area contributed by atoms with Gasteiger partial charge in [0, 0.05) is 11.8 Å². The molecule has 0 atom stereocenters. The standard InChI is InChI=1S/C57H48N4O2.Pt/c1-56(2,3)40-28-30-58-54(32-40)61-51-34-43(26-27-46(51)47-35-48-53(36-52(47)61)62-31-29-57(48,4)5)63-42-21-14-20-41(33-42)59-37-60(50-25-13-12-24-49(50)59)55-44(38-16-8-6-9-17-38)22-15-23-45(55)39-18-10-7-11-19-39;/h6-28,30,32-36H,29,31H2,1-5H3;. The van der Waals surface area contributed by atoms with Gasteiger partial charge in [-0.15, -0.1) is 0 Å². The van der Waals surface area contributed by atoms with E-state index in [0.717, 1.165) is 94.4 Å². The van der Waals surface area contributed by atoms with Crippen molar-refractivity contribution in [3.8, 4) is 56.7 Å². The van der Waals surface area contributed by atoms with Gasteiger partial charge in [-0.25, -0.2) is 0 Å². The van der Waals surface area contributed by atoms with Crippen molar-refractivity contribution in [1.82, 2.24) is 18.7 Å². The van der Waals surface area contributed by atoms with E-state index in [1.165, 1.54) is 16.5 Å². The molecule has 0 radical (unpaired) electrons. The molecule has 0 N–H and O–H groups in total. The molecule has 0 saturated heterocycles. The van der Waals surface area contributed by atoms with Gasteiger partial charge in [-0.2, -0.15) is 0 Å². The first kappa shape index (κ1) is 40.1. The zero-order valence-electron chi connectivity index (χ0n) is 36.6. The molecule has 1 aliphatic heterocycles. The Morgan fingerprint density at radius 1 is 0.594 bits per heavy atom. The SMILES string of the molecule is CC(C)(C)c1ccnc(-n2c3cc(Oc4cccc(-n5[c](=[Pt])n(-c6c(-c7ccccc7)cccc6-c6ccccc6)c6ccccc65)c4)ccc3c3cc4c(cc32)OCCC4(C)C)c1. The summed E-state index contributed by atoms with van der Waals surface area (Å²) in [5, 5.41) is 2.32. The van der Waals surface area contributed by atoms with Crippen LogP contribution in [0.25, 0.3) is 72.3 Å². The molecule has 0 bridgehead atoms. The van der Waals surface area contributed by atoms with Crippen LogP contribution in [0.5, 0.6) is 17.2 Å². The van der Waals surface area contributed by atoms with Gasteiger partial charge in [-0.3, -0.25) is 0 Å². The Labute approximate surface area is 384 Å². The fourth-order valence-electron chi connectivity index (χ4n) is 9.42. The van der Waals surface area contributed by atoms with Crippen molar-refractivity contribution in [2.24, 2.45) is 0 Å². The van der Waals surface area contributed by atoms with Crippen LogP contribution in [0.4, 0.5) is 0 Å². The molecule has 0 fully saturated rings. The Morgan fingerprint density at radius 2 is 1.23 bits per heavy atom. The predicted molar refractivity (Wildman–Crippen MR) is 257 cm³/mol. The Kier molecular flexibility index (Phi) is 9.70. The van der Waals surface area contributed by atoms with E-state index in [1.807, 2.05) is 12.3 Å². The van der Waals surface area contributed by atoms with Crippen LogP contribution in [-0.4, -0.2) is 25.3 Å². The molecule has 4 heterocycles. The summed E-state index contributed by atoms with van der Waals surface area (Å²) in [6, 6.07) is 60.4. The summed E-state index contributed by atoms with van der Waals surface area (Å²) in [5.41, 5.74) is 13.5. The smallest absolute Gasteiger partial charge is 0.493 e. The van der Waals surface area contributed by atoms with Gasteiger partial charge in [0.25, 0.3) is 0 Å². The number of fused-ring (bicyclic) bond motifs is 5. The van der Waals surface area contributed by atoms with Crippen LogP contribution >= 0.6 is 0 Å². The molecule has 6 nitrogen and oxygen atoms in total. The molecule has 0 amide bonds. The monoisotopic (exact) mass is 1020 g/mol. The molecule has 0 aliphatic carbocycles. The van der Waals surface area contributed by atoms with Crippen LogP contribution in [0, 0.1) is 3.80 Å². The van der Waals surface area contributed by atoms with Crippen molar-refractivity contribution in [3.63, 3.8) is 0 Å². The molecule has 0 unspecified atom stereocenters. The molecule has 3 aromatic heterocycles. The van der Waals surface area contributed by atoms with Crippen LogP contribution in [0.3, 0.4) is 0 Å². The maximum atomic E-state index is 6.86. The molecule has 64 heavy (non-hydrogen) atoms. The first-order chi connectivity index (χ1) is 31.0. The van der Waals surface area contributed by atoms with Gasteiger partial charge >= 0.3 is 294 Å². The third kappa shape index (κ3) is 6.83. The van der Waals surface area contributed by atoms with Gasteiger partial charge in [0.15, 0.2) is 0 Å². The quantitative estimate of drug-likeness (QED) is 0.160. The molecule has 11 rings (SSSR count). The van der Waals surface area contributed by atoms with E-state index in [2.05, 4.69) is 231 Å². The topological polar surface area (TPSA) is 46.1 Å². The molecular formula is C57H48N4O2Pt. The van der Waals surface area contributed by atoms with E-state index in [0.29, 0.717) is 6.61 Å². The third-order valence-corrected chi connectivity index (χ3v) is 13.9. The van der Waals surface area contributed by atoms with E-state index in [-0.39, 0.29) is 10.8 Å². The van der Waals surface area contributed by atoms with Gasteiger partial charge in [0.2, 0.25) is 0 Å². The fourth-order valence-corrected chi connectivity index (χ4v) is 10.5. The minimum atomic E-state index is -0.0420. The number of hydrogen-bond acceptors (Lipinski definition) is 3. The Bertz CT molecular complexity index is 3420. The molecule has 0 spiro atoms. The number of para-hydroxylation sites is 3. The van der Waals surface area contributed by atoms with E-state index in [9.17, 15) is 0 Å². The Hall–Kier alpha value is -6.75. The zero-order chi connectivity index (χ0) is 43.7. The molecule has 318 valence electrons. The van der Waals surface area contributed by atoms with Crippen LogP contribution in [0.2, 0.25) is 0 Å². The maximum absolute atomic E-state index is 6.86. The normalized spacial score (nSPS) is 13.6. The van der Waals surface area contributed by atoms with E-state index in [4.69, 9.17) is 14.5 Å². The Morgan fingerprint density at radius 3 is 1.94 bits per heavy atom. The average Bonchev–Trinajstić information content (AvgIpc) is 3.78. The average molecular weight is 1020 g/mol. The molecular weight excluding hydrogens is 968 g/mol. The number of nitrogens with zero attached hydrogens (tertiary/aromatic N) is 4. The van der Waals surface area contributed by atoms with E-state index in [1.54, 1.807) is 0 Å². The van der Waals surface area contributed by atoms with Crippen LogP contribution in [0.15, 0.2) is 176 Å². The van der Waals surface area contributed by atoms with Crippen molar-refractivity contribution in [2.75, 3.05) is 6.61 Å². The summed E-state index contributed by atoms with van der Waals surface area (Å²) >= 11 is 2.50. The first-order valence-electron chi connectivity index (χ1n) is 22.0. The first-order valence-corrected chi connectivity index (χ1v) is 23.1. The molecule has 0 saturated carbocycles. The third-order valence-electron chi connectivity index (χ3n) is 12.8. The van der Waals surface area contributed by atoms with Crippen molar-refractivity contribution in [1.29, 1.82) is 0 Å². The van der Waals surface area contributed by atoms with Gasteiger partial charge in [0.1, 0.15) is 5.75 Å². The van der Waals surface area contributed by atoms with Crippen molar-refractivity contribution in [3.05, 3.63) is 191 Å². The van der Waals surface area contributed by atoms with E-state index < -0.39 is 0 Å². The van der Waals surface area contributed by atoms with Gasteiger partial charge in [-0.1, -0.05) is 34.6 Å². The number of aromatic nitrogens is 4. The minimum Gasteiger partial charge on any atom is -0.493 e. The van der Waals surface area contributed by atoms with Gasteiger partial charge in [0.05, 0.1) is 6.61 Å². The molecule has 1 aliphatic rings. The Balaban J connectivity index is 1.05. The number of imidazole rings is 1. The summed E-state index contributed by atoms with van der Waals surface area (Å²) in [6.45, 7) is 12.1. The number of pyridine rings is 1. The second-order valence-corrected chi connectivity index (χ2v) is 19.5. The number of hydrogen-bond donors (Lipinski definition) is 0. The number of ether oxygens (including phenoxy) is 2. The van der Waals surface area contributed by atoms with Gasteiger partial charge < -0.3 is 4.74 Å². The summed E-state index contributed by atoms with van der Waals surface area (Å²) in [7, 11) is 0. The van der Waals surface area contributed by atoms with E-state index >= 15 is 0 Å². The van der Waals surface area contributed by atoms with Crippen molar-refractivity contribution < 1.29 is 28.8 Å². The minimum absolute atomic E-state index is 0.00625. The van der Waals surface area contributed by atoms with Crippen molar-refractivity contribution >= 4 is 32.8 Å². The van der Waals surface area contributed by atoms with Crippen LogP contribution < -0.4 is 9.47 Å². The number of benzene rings is 7. The van der Waals surface area contributed by atoms with Gasteiger partial charge in [-0.05, 0) is 28.9 Å². The summed E-state index contributed by atoms with van der Waals surface area (Å²) < 4.78 is 21.3. The second-order valence-electron chi connectivity index (χ2n) is 18.4. The molecule has 7 aromatic carbocycles. The number of rotatable bonds is 7. The summed E-state index contributed by atoms with van der Waals surface area (Å²) in [5.74, 6) is 3.30. The summed E-state index contributed by atoms with van der Waals surface area (Å²) in [4.78, 5) is 4.97. The summed E-state index contributed by atoms with van der Waals surface area (Å²) in [6.07, 6.45) is 2.90. The second kappa shape index (κ2) is 15.5.